The van der Waals surface area contributed by atoms with Crippen molar-refractivity contribution < 1.29 is 13.2 Å². The van der Waals surface area contributed by atoms with Crippen LogP contribution in [0.3, 0.4) is 0 Å². The lowest BCUT2D eigenvalue weighted by Gasteiger charge is -2.21. The third-order valence-corrected chi connectivity index (χ3v) is 7.35. The van der Waals surface area contributed by atoms with Gasteiger partial charge in [0.2, 0.25) is 10.0 Å². The van der Waals surface area contributed by atoms with Crippen LogP contribution in [0.4, 0.5) is 5.69 Å². The lowest BCUT2D eigenvalue weighted by molar-refractivity contribution is 0.412. The van der Waals surface area contributed by atoms with Crippen molar-refractivity contribution >= 4 is 31.6 Å². The van der Waals surface area contributed by atoms with E-state index in [1.807, 2.05) is 61.5 Å². The van der Waals surface area contributed by atoms with Gasteiger partial charge in [-0.05, 0) is 57.4 Å². The van der Waals surface area contributed by atoms with Crippen molar-refractivity contribution in [1.82, 2.24) is 4.31 Å². The Morgan fingerprint density at radius 3 is 2.27 bits per heavy atom. The summed E-state index contributed by atoms with van der Waals surface area (Å²) in [7, 11) is -2.02. The molecule has 0 saturated heterocycles. The summed E-state index contributed by atoms with van der Waals surface area (Å²) in [4.78, 5) is 0.259. The SMILES string of the molecule is CCN(Cc1ccc(OC)cc1)S(=O)(=O)c1ccc(NCc2ccccc2)c(Br)c1. The van der Waals surface area contributed by atoms with Crippen molar-refractivity contribution in [1.29, 1.82) is 0 Å². The third kappa shape index (κ3) is 5.41. The van der Waals surface area contributed by atoms with Gasteiger partial charge in [0.15, 0.2) is 0 Å². The van der Waals surface area contributed by atoms with Crippen molar-refractivity contribution in [2.24, 2.45) is 0 Å². The molecule has 0 spiro atoms. The third-order valence-electron chi connectivity index (χ3n) is 4.77. The molecule has 0 radical (unpaired) electrons. The Bertz CT molecular complexity index is 1070. The van der Waals surface area contributed by atoms with Gasteiger partial charge in [0.1, 0.15) is 5.75 Å². The first-order valence-electron chi connectivity index (χ1n) is 9.64. The Kier molecular flexibility index (Phi) is 7.53. The van der Waals surface area contributed by atoms with Crippen LogP contribution in [0, 0.1) is 0 Å². The summed E-state index contributed by atoms with van der Waals surface area (Å²) in [6.45, 7) is 3.17. The van der Waals surface area contributed by atoms with Crippen LogP contribution in [0.1, 0.15) is 18.1 Å². The summed E-state index contributed by atoms with van der Waals surface area (Å²) < 4.78 is 33.7. The number of anilines is 1. The smallest absolute Gasteiger partial charge is 0.243 e. The standard InChI is InChI=1S/C23H25BrN2O3S/c1-3-26(17-19-9-11-20(29-2)12-10-19)30(27,28)21-13-14-23(22(24)15-21)25-16-18-7-5-4-6-8-18/h4-15,25H,3,16-17H2,1-2H3. The zero-order valence-corrected chi connectivity index (χ0v) is 19.4. The molecule has 3 rings (SSSR count). The van der Waals surface area contributed by atoms with Gasteiger partial charge in [-0.2, -0.15) is 4.31 Å². The van der Waals surface area contributed by atoms with Crippen LogP contribution in [0.2, 0.25) is 0 Å². The second kappa shape index (κ2) is 10.1. The average Bonchev–Trinajstić information content (AvgIpc) is 2.77. The molecule has 30 heavy (non-hydrogen) atoms. The number of nitrogens with zero attached hydrogens (tertiary/aromatic N) is 1. The fourth-order valence-electron chi connectivity index (χ4n) is 3.04. The summed E-state index contributed by atoms with van der Waals surface area (Å²) >= 11 is 3.51. The highest BCUT2D eigenvalue weighted by atomic mass is 79.9. The highest BCUT2D eigenvalue weighted by molar-refractivity contribution is 9.10. The molecule has 3 aromatic carbocycles. The Balaban J connectivity index is 1.75. The summed E-state index contributed by atoms with van der Waals surface area (Å²) in [6, 6.07) is 22.5. The molecule has 0 atom stereocenters. The highest BCUT2D eigenvalue weighted by Crippen LogP contribution is 2.28. The maximum Gasteiger partial charge on any atom is 0.243 e. The number of rotatable bonds is 9. The van der Waals surface area contributed by atoms with Gasteiger partial charge in [0.05, 0.1) is 12.0 Å². The second-order valence-electron chi connectivity index (χ2n) is 6.76. The molecule has 0 aromatic heterocycles. The lowest BCUT2D eigenvalue weighted by Crippen LogP contribution is -2.30. The normalized spacial score (nSPS) is 11.5. The van der Waals surface area contributed by atoms with Gasteiger partial charge in [-0.3, -0.25) is 0 Å². The molecule has 158 valence electrons. The number of halogens is 1. The van der Waals surface area contributed by atoms with Crippen molar-refractivity contribution in [2.45, 2.75) is 24.9 Å². The Morgan fingerprint density at radius 1 is 0.967 bits per heavy atom. The van der Waals surface area contributed by atoms with E-state index in [-0.39, 0.29) is 4.90 Å². The first-order chi connectivity index (χ1) is 14.4. The second-order valence-corrected chi connectivity index (χ2v) is 9.55. The maximum atomic E-state index is 13.2. The van der Waals surface area contributed by atoms with Crippen LogP contribution in [-0.4, -0.2) is 26.4 Å². The number of ether oxygens (including phenoxy) is 1. The number of nitrogens with one attached hydrogen (secondary N) is 1. The van der Waals surface area contributed by atoms with E-state index in [9.17, 15) is 8.42 Å². The molecule has 0 aliphatic carbocycles. The highest BCUT2D eigenvalue weighted by Gasteiger charge is 2.24. The molecule has 0 heterocycles. The predicted molar refractivity (Wildman–Crippen MR) is 124 cm³/mol. The molecule has 0 aliphatic rings. The minimum absolute atomic E-state index is 0.259. The number of methoxy groups -OCH3 is 1. The van der Waals surface area contributed by atoms with Crippen LogP contribution in [0.15, 0.2) is 82.2 Å². The fourth-order valence-corrected chi connectivity index (χ4v) is 5.18. The molecule has 0 bridgehead atoms. The molecular formula is C23H25BrN2O3S. The van der Waals surface area contributed by atoms with Crippen LogP contribution in [0.25, 0.3) is 0 Å². The van der Waals surface area contributed by atoms with Gasteiger partial charge in [-0.25, -0.2) is 8.42 Å². The van der Waals surface area contributed by atoms with E-state index >= 15 is 0 Å². The molecule has 7 heteroatoms. The van der Waals surface area contributed by atoms with Crippen molar-refractivity contribution in [3.63, 3.8) is 0 Å². The fraction of sp³-hybridized carbons (Fsp3) is 0.217. The van der Waals surface area contributed by atoms with E-state index in [2.05, 4.69) is 21.2 Å². The quantitative estimate of drug-likeness (QED) is 0.444. The zero-order chi connectivity index (χ0) is 21.6. The first-order valence-corrected chi connectivity index (χ1v) is 11.9. The minimum Gasteiger partial charge on any atom is -0.497 e. The van der Waals surface area contributed by atoms with Gasteiger partial charge >= 0.3 is 0 Å². The van der Waals surface area contributed by atoms with E-state index in [1.165, 1.54) is 4.31 Å². The summed E-state index contributed by atoms with van der Waals surface area (Å²) in [5, 5.41) is 3.33. The molecule has 3 aromatic rings. The van der Waals surface area contributed by atoms with Crippen molar-refractivity contribution in [3.8, 4) is 5.75 Å². The van der Waals surface area contributed by atoms with E-state index < -0.39 is 10.0 Å². The first kappa shape index (κ1) is 22.3. The minimum atomic E-state index is -3.63. The van der Waals surface area contributed by atoms with Crippen LogP contribution < -0.4 is 10.1 Å². The number of hydrogen-bond donors (Lipinski definition) is 1. The molecule has 0 unspecified atom stereocenters. The summed E-state index contributed by atoms with van der Waals surface area (Å²) in [5.74, 6) is 0.743. The Labute approximate surface area is 186 Å². The van der Waals surface area contributed by atoms with Gasteiger partial charge in [-0.1, -0.05) is 49.4 Å². The number of benzene rings is 3. The van der Waals surface area contributed by atoms with Crippen molar-refractivity contribution in [3.05, 3.63) is 88.4 Å². The molecule has 0 aliphatic heterocycles. The Hall–Kier alpha value is -2.35. The number of hydrogen-bond acceptors (Lipinski definition) is 4. The van der Waals surface area contributed by atoms with Gasteiger partial charge in [-0.15, -0.1) is 0 Å². The molecule has 0 saturated carbocycles. The van der Waals surface area contributed by atoms with Crippen LogP contribution in [0.5, 0.6) is 5.75 Å². The van der Waals surface area contributed by atoms with E-state index in [0.29, 0.717) is 24.1 Å². The maximum absolute atomic E-state index is 13.2. The van der Waals surface area contributed by atoms with Gasteiger partial charge in [0, 0.05) is 29.8 Å². The molecule has 0 fully saturated rings. The number of sulfonamides is 1. The van der Waals surface area contributed by atoms with Gasteiger partial charge < -0.3 is 10.1 Å². The van der Waals surface area contributed by atoms with E-state index in [1.54, 1.807) is 25.3 Å². The summed E-state index contributed by atoms with van der Waals surface area (Å²) in [5.41, 5.74) is 2.90. The van der Waals surface area contributed by atoms with E-state index in [0.717, 1.165) is 22.6 Å². The molecule has 1 N–H and O–H groups in total. The topological polar surface area (TPSA) is 58.6 Å². The molecule has 5 nitrogen and oxygen atoms in total. The van der Waals surface area contributed by atoms with E-state index in [4.69, 9.17) is 4.74 Å². The van der Waals surface area contributed by atoms with Crippen LogP contribution in [-0.2, 0) is 23.1 Å². The molecular weight excluding hydrogens is 464 g/mol. The predicted octanol–water partition coefficient (Wildman–Crippen LogP) is 5.28. The van der Waals surface area contributed by atoms with Crippen LogP contribution >= 0.6 is 15.9 Å². The van der Waals surface area contributed by atoms with Gasteiger partial charge in [0.25, 0.3) is 0 Å². The molecule has 0 amide bonds. The zero-order valence-electron chi connectivity index (χ0n) is 17.0. The van der Waals surface area contributed by atoms with Crippen molar-refractivity contribution in [2.75, 3.05) is 19.0 Å². The lowest BCUT2D eigenvalue weighted by atomic mass is 10.2. The summed E-state index contributed by atoms with van der Waals surface area (Å²) in [6.07, 6.45) is 0. The largest absolute Gasteiger partial charge is 0.497 e. The monoisotopic (exact) mass is 488 g/mol. The Morgan fingerprint density at radius 2 is 1.67 bits per heavy atom. The average molecular weight is 489 g/mol.